The molecule has 1 aromatic carbocycles. The highest BCUT2D eigenvalue weighted by Crippen LogP contribution is 2.19. The molecule has 2 rings (SSSR count). The molecule has 0 aliphatic rings. The Balaban J connectivity index is 1.97. The first-order chi connectivity index (χ1) is 9.79. The number of hydrogen-bond donors (Lipinski definition) is 2. The van der Waals surface area contributed by atoms with Crippen molar-refractivity contribution in [3.05, 3.63) is 42.2 Å². The summed E-state index contributed by atoms with van der Waals surface area (Å²) in [5.74, 6) is 1.59. The van der Waals surface area contributed by atoms with E-state index < -0.39 is 0 Å². The molecule has 0 unspecified atom stereocenters. The van der Waals surface area contributed by atoms with Crippen molar-refractivity contribution in [3.8, 4) is 0 Å². The van der Waals surface area contributed by atoms with E-state index in [4.69, 9.17) is 4.74 Å². The number of nitrogens with one attached hydrogen (secondary N) is 2. The van der Waals surface area contributed by atoms with Crippen LogP contribution in [-0.4, -0.2) is 30.2 Å². The lowest BCUT2D eigenvalue weighted by atomic mass is 10.2. The highest BCUT2D eigenvalue weighted by molar-refractivity contribution is 5.61. The molecule has 0 amide bonds. The number of rotatable bonds is 7. The van der Waals surface area contributed by atoms with Gasteiger partial charge in [-0.2, -0.15) is 0 Å². The Morgan fingerprint density at radius 3 is 2.75 bits per heavy atom. The van der Waals surface area contributed by atoms with Gasteiger partial charge in [0.05, 0.1) is 0 Å². The van der Waals surface area contributed by atoms with E-state index in [1.807, 2.05) is 24.3 Å². The van der Waals surface area contributed by atoms with Gasteiger partial charge in [-0.1, -0.05) is 18.2 Å². The Hall–Kier alpha value is -2.14. The van der Waals surface area contributed by atoms with Gasteiger partial charge in [0.15, 0.2) is 0 Å². The quantitative estimate of drug-likeness (QED) is 0.759. The van der Waals surface area contributed by atoms with Gasteiger partial charge < -0.3 is 15.4 Å². The van der Waals surface area contributed by atoms with Crippen LogP contribution in [0.1, 0.15) is 12.0 Å². The van der Waals surface area contributed by atoms with Crippen LogP contribution in [0.3, 0.4) is 0 Å². The monoisotopic (exact) mass is 272 g/mol. The summed E-state index contributed by atoms with van der Waals surface area (Å²) in [6.07, 6.45) is 2.50. The highest BCUT2D eigenvalue weighted by atomic mass is 16.5. The zero-order valence-electron chi connectivity index (χ0n) is 11.9. The Morgan fingerprint density at radius 1 is 1.15 bits per heavy atom. The second-order valence-electron chi connectivity index (χ2n) is 4.50. The largest absolute Gasteiger partial charge is 0.385 e. The van der Waals surface area contributed by atoms with E-state index in [-0.39, 0.29) is 0 Å². The van der Waals surface area contributed by atoms with Gasteiger partial charge in [0.25, 0.3) is 0 Å². The lowest BCUT2D eigenvalue weighted by Crippen LogP contribution is -2.07. The summed E-state index contributed by atoms with van der Waals surface area (Å²) in [6, 6.07) is 10.0. The van der Waals surface area contributed by atoms with Crippen LogP contribution in [0.4, 0.5) is 17.3 Å². The Bertz CT molecular complexity index is 545. The molecular weight excluding hydrogens is 252 g/mol. The topological polar surface area (TPSA) is 59.1 Å². The summed E-state index contributed by atoms with van der Waals surface area (Å²) >= 11 is 0. The number of para-hydroxylation sites is 1. The standard InChI is InChI=1S/C15H20N4O/c1-12-6-3-4-7-13(12)19-15-10-14(17-11-18-15)16-8-5-9-20-2/h3-4,6-7,10-11H,5,8-9H2,1-2H3,(H2,16,17,18,19). The first-order valence-electron chi connectivity index (χ1n) is 6.67. The number of benzene rings is 1. The third-order valence-electron chi connectivity index (χ3n) is 2.91. The minimum Gasteiger partial charge on any atom is -0.385 e. The fraction of sp³-hybridized carbons (Fsp3) is 0.333. The molecule has 0 spiro atoms. The van der Waals surface area contributed by atoms with Crippen molar-refractivity contribution < 1.29 is 4.74 Å². The second kappa shape index (κ2) is 7.45. The lowest BCUT2D eigenvalue weighted by Gasteiger charge is -2.10. The van der Waals surface area contributed by atoms with Crippen LogP contribution in [0.5, 0.6) is 0 Å². The fourth-order valence-electron chi connectivity index (χ4n) is 1.81. The van der Waals surface area contributed by atoms with Gasteiger partial charge in [0.2, 0.25) is 0 Å². The van der Waals surface area contributed by atoms with Crippen molar-refractivity contribution >= 4 is 17.3 Å². The van der Waals surface area contributed by atoms with Crippen molar-refractivity contribution in [2.75, 3.05) is 30.9 Å². The van der Waals surface area contributed by atoms with Gasteiger partial charge >= 0.3 is 0 Å². The molecule has 5 heteroatoms. The van der Waals surface area contributed by atoms with Gasteiger partial charge in [-0.3, -0.25) is 0 Å². The van der Waals surface area contributed by atoms with Gasteiger partial charge in [-0.15, -0.1) is 0 Å². The molecule has 2 N–H and O–H groups in total. The maximum absolute atomic E-state index is 5.01. The molecule has 5 nitrogen and oxygen atoms in total. The molecule has 0 radical (unpaired) electrons. The van der Waals surface area contributed by atoms with Gasteiger partial charge in [-0.25, -0.2) is 9.97 Å². The number of aromatic nitrogens is 2. The first kappa shape index (κ1) is 14.3. The van der Waals surface area contributed by atoms with Crippen molar-refractivity contribution in [1.82, 2.24) is 9.97 Å². The van der Waals surface area contributed by atoms with Crippen molar-refractivity contribution in [2.45, 2.75) is 13.3 Å². The summed E-state index contributed by atoms with van der Waals surface area (Å²) < 4.78 is 5.01. The van der Waals surface area contributed by atoms with E-state index in [1.54, 1.807) is 13.4 Å². The van der Waals surface area contributed by atoms with Gasteiger partial charge in [-0.05, 0) is 25.0 Å². The first-order valence-corrected chi connectivity index (χ1v) is 6.67. The van der Waals surface area contributed by atoms with Crippen LogP contribution < -0.4 is 10.6 Å². The summed E-state index contributed by atoms with van der Waals surface area (Å²) in [6.45, 7) is 3.63. The zero-order chi connectivity index (χ0) is 14.2. The Morgan fingerprint density at radius 2 is 1.95 bits per heavy atom. The van der Waals surface area contributed by atoms with Crippen LogP contribution >= 0.6 is 0 Å². The van der Waals surface area contributed by atoms with Gasteiger partial charge in [0, 0.05) is 32.0 Å². The molecule has 0 aliphatic carbocycles. The van der Waals surface area contributed by atoms with Gasteiger partial charge in [0.1, 0.15) is 18.0 Å². The Kier molecular flexibility index (Phi) is 5.32. The average Bonchev–Trinajstić information content (AvgIpc) is 2.47. The second-order valence-corrected chi connectivity index (χ2v) is 4.50. The molecule has 0 atom stereocenters. The van der Waals surface area contributed by atoms with Crippen molar-refractivity contribution in [2.24, 2.45) is 0 Å². The molecule has 0 saturated heterocycles. The third kappa shape index (κ3) is 4.20. The van der Waals surface area contributed by atoms with Crippen molar-refractivity contribution in [3.63, 3.8) is 0 Å². The number of methoxy groups -OCH3 is 1. The van der Waals surface area contributed by atoms with Crippen LogP contribution in [-0.2, 0) is 4.74 Å². The molecule has 0 saturated carbocycles. The number of nitrogens with zero attached hydrogens (tertiary/aromatic N) is 2. The molecule has 1 heterocycles. The summed E-state index contributed by atoms with van der Waals surface area (Å²) in [7, 11) is 1.70. The zero-order valence-corrected chi connectivity index (χ0v) is 11.9. The fourth-order valence-corrected chi connectivity index (χ4v) is 1.81. The van der Waals surface area contributed by atoms with Crippen LogP contribution in [0, 0.1) is 6.92 Å². The smallest absolute Gasteiger partial charge is 0.135 e. The predicted molar refractivity (Wildman–Crippen MR) is 81.5 cm³/mol. The predicted octanol–water partition coefficient (Wildman–Crippen LogP) is 2.98. The summed E-state index contributed by atoms with van der Waals surface area (Å²) in [4.78, 5) is 8.43. The Labute approximate surface area is 119 Å². The molecule has 106 valence electrons. The summed E-state index contributed by atoms with van der Waals surface area (Å²) in [5.41, 5.74) is 2.23. The molecular formula is C15H20N4O. The maximum atomic E-state index is 5.01. The maximum Gasteiger partial charge on any atom is 0.135 e. The van der Waals surface area contributed by atoms with E-state index in [0.29, 0.717) is 0 Å². The van der Waals surface area contributed by atoms with E-state index >= 15 is 0 Å². The minimum atomic E-state index is 0.742. The number of anilines is 3. The molecule has 0 bridgehead atoms. The minimum absolute atomic E-state index is 0.742. The molecule has 0 aliphatic heterocycles. The van der Waals surface area contributed by atoms with E-state index in [0.717, 1.165) is 36.9 Å². The number of aryl methyl sites for hydroxylation is 1. The van der Waals surface area contributed by atoms with Crippen LogP contribution in [0.25, 0.3) is 0 Å². The molecule has 20 heavy (non-hydrogen) atoms. The van der Waals surface area contributed by atoms with Crippen molar-refractivity contribution in [1.29, 1.82) is 0 Å². The highest BCUT2D eigenvalue weighted by Gasteiger charge is 2.01. The molecule has 0 fully saturated rings. The lowest BCUT2D eigenvalue weighted by molar-refractivity contribution is 0.198. The van der Waals surface area contributed by atoms with E-state index in [1.165, 1.54) is 5.56 Å². The number of hydrogen-bond acceptors (Lipinski definition) is 5. The number of ether oxygens (including phenoxy) is 1. The average molecular weight is 272 g/mol. The van der Waals surface area contributed by atoms with Crippen LogP contribution in [0.2, 0.25) is 0 Å². The van der Waals surface area contributed by atoms with E-state index in [9.17, 15) is 0 Å². The third-order valence-corrected chi connectivity index (χ3v) is 2.91. The normalized spacial score (nSPS) is 10.3. The van der Waals surface area contributed by atoms with E-state index in [2.05, 4.69) is 33.6 Å². The molecule has 2 aromatic rings. The molecule has 1 aromatic heterocycles. The SMILES string of the molecule is COCCCNc1cc(Nc2ccccc2C)ncn1. The summed E-state index contributed by atoms with van der Waals surface area (Å²) in [5, 5.41) is 6.55. The van der Waals surface area contributed by atoms with Crippen LogP contribution in [0.15, 0.2) is 36.7 Å².